The summed E-state index contributed by atoms with van der Waals surface area (Å²) < 4.78 is 1.97. The standard InChI is InChI=1S/C13H15N3OS/c1-9-5-3-4-6-11(9)16-8-7-15-13(16)18-10(2)12(14)17/h3-8,10H,1-2H3,(H2,14,17)/t10-/m1/s1. The number of thioether (sulfide) groups is 1. The zero-order chi connectivity index (χ0) is 13.1. The molecule has 0 aliphatic heterocycles. The van der Waals surface area contributed by atoms with Crippen molar-refractivity contribution in [2.75, 3.05) is 0 Å². The normalized spacial score (nSPS) is 12.3. The molecule has 0 fully saturated rings. The Hall–Kier alpha value is -1.75. The van der Waals surface area contributed by atoms with Gasteiger partial charge < -0.3 is 5.73 Å². The topological polar surface area (TPSA) is 60.9 Å². The van der Waals surface area contributed by atoms with E-state index in [9.17, 15) is 4.79 Å². The number of carbonyl (C=O) groups excluding carboxylic acids is 1. The van der Waals surface area contributed by atoms with Crippen LogP contribution in [0.3, 0.4) is 0 Å². The van der Waals surface area contributed by atoms with Crippen LogP contribution in [0.15, 0.2) is 41.8 Å². The lowest BCUT2D eigenvalue weighted by Crippen LogP contribution is -2.23. The molecule has 0 bridgehead atoms. The fourth-order valence-corrected chi connectivity index (χ4v) is 2.44. The molecule has 2 aromatic rings. The van der Waals surface area contributed by atoms with Crippen LogP contribution in [0.4, 0.5) is 0 Å². The van der Waals surface area contributed by atoms with Crippen LogP contribution >= 0.6 is 11.8 Å². The van der Waals surface area contributed by atoms with Gasteiger partial charge in [-0.2, -0.15) is 0 Å². The zero-order valence-electron chi connectivity index (χ0n) is 10.3. The van der Waals surface area contributed by atoms with Gasteiger partial charge in [0, 0.05) is 12.4 Å². The van der Waals surface area contributed by atoms with Crippen LogP contribution in [0.5, 0.6) is 0 Å². The summed E-state index contributed by atoms with van der Waals surface area (Å²) in [6, 6.07) is 8.04. The molecule has 4 nitrogen and oxygen atoms in total. The molecule has 0 aliphatic rings. The molecule has 1 aromatic carbocycles. The van der Waals surface area contributed by atoms with Crippen molar-refractivity contribution in [2.45, 2.75) is 24.3 Å². The minimum atomic E-state index is -0.334. The average Bonchev–Trinajstić information content (AvgIpc) is 2.77. The molecule has 1 aromatic heterocycles. The molecule has 0 radical (unpaired) electrons. The molecule has 0 unspecified atom stereocenters. The predicted molar refractivity (Wildman–Crippen MR) is 72.8 cm³/mol. The Morgan fingerprint density at radius 3 is 2.83 bits per heavy atom. The molecule has 1 atom stereocenters. The number of primary amides is 1. The van der Waals surface area contributed by atoms with Gasteiger partial charge in [-0.05, 0) is 25.5 Å². The molecule has 18 heavy (non-hydrogen) atoms. The summed E-state index contributed by atoms with van der Waals surface area (Å²) in [5, 5.41) is 0.478. The number of hydrogen-bond acceptors (Lipinski definition) is 3. The molecule has 1 heterocycles. The van der Waals surface area contributed by atoms with E-state index in [0.29, 0.717) is 0 Å². The van der Waals surface area contributed by atoms with Crippen LogP contribution < -0.4 is 5.73 Å². The van der Waals surface area contributed by atoms with Gasteiger partial charge in [-0.25, -0.2) is 4.98 Å². The van der Waals surface area contributed by atoms with Crippen LogP contribution in [0.25, 0.3) is 5.69 Å². The molecular weight excluding hydrogens is 246 g/mol. The number of imidazole rings is 1. The molecule has 0 saturated carbocycles. The number of hydrogen-bond donors (Lipinski definition) is 1. The lowest BCUT2D eigenvalue weighted by molar-refractivity contribution is -0.117. The minimum Gasteiger partial charge on any atom is -0.369 e. The summed E-state index contributed by atoms with van der Waals surface area (Å²) >= 11 is 1.37. The number of aromatic nitrogens is 2. The maximum atomic E-state index is 11.1. The number of benzene rings is 1. The lowest BCUT2D eigenvalue weighted by Gasteiger charge is -2.11. The molecule has 5 heteroatoms. The van der Waals surface area contributed by atoms with E-state index < -0.39 is 0 Å². The second-order valence-electron chi connectivity index (χ2n) is 4.03. The Morgan fingerprint density at radius 2 is 2.17 bits per heavy atom. The third-order valence-electron chi connectivity index (χ3n) is 2.66. The first-order valence-corrected chi connectivity index (χ1v) is 6.53. The maximum absolute atomic E-state index is 11.1. The van der Waals surface area contributed by atoms with Crippen LogP contribution in [0.1, 0.15) is 12.5 Å². The number of aryl methyl sites for hydroxylation is 1. The summed E-state index contributed by atoms with van der Waals surface area (Å²) in [6.45, 7) is 3.82. The smallest absolute Gasteiger partial charge is 0.230 e. The van der Waals surface area contributed by atoms with Crippen molar-refractivity contribution in [1.29, 1.82) is 0 Å². The Labute approximate surface area is 110 Å². The highest BCUT2D eigenvalue weighted by Gasteiger charge is 2.15. The summed E-state index contributed by atoms with van der Waals surface area (Å²) in [4.78, 5) is 15.4. The van der Waals surface area contributed by atoms with E-state index >= 15 is 0 Å². The van der Waals surface area contributed by atoms with Crippen LogP contribution in [-0.2, 0) is 4.79 Å². The van der Waals surface area contributed by atoms with Crippen molar-refractivity contribution in [1.82, 2.24) is 9.55 Å². The van der Waals surface area contributed by atoms with Gasteiger partial charge in [0.25, 0.3) is 0 Å². The van der Waals surface area contributed by atoms with Crippen molar-refractivity contribution in [3.8, 4) is 5.69 Å². The molecule has 2 rings (SSSR count). The van der Waals surface area contributed by atoms with Crippen molar-refractivity contribution < 1.29 is 4.79 Å². The first-order valence-electron chi connectivity index (χ1n) is 5.65. The summed E-state index contributed by atoms with van der Waals surface area (Å²) in [5.74, 6) is -0.334. The number of rotatable bonds is 4. The molecule has 1 amide bonds. The monoisotopic (exact) mass is 261 g/mol. The van der Waals surface area contributed by atoms with Crippen LogP contribution in [-0.4, -0.2) is 20.7 Å². The zero-order valence-corrected chi connectivity index (χ0v) is 11.1. The Bertz CT molecular complexity index is 565. The van der Waals surface area contributed by atoms with Gasteiger partial charge in [-0.15, -0.1) is 0 Å². The van der Waals surface area contributed by atoms with Crippen LogP contribution in [0.2, 0.25) is 0 Å². The SMILES string of the molecule is Cc1ccccc1-n1ccnc1S[C@H](C)C(N)=O. The van der Waals surface area contributed by atoms with Gasteiger partial charge in [-0.1, -0.05) is 30.0 Å². The largest absolute Gasteiger partial charge is 0.369 e. The first kappa shape index (κ1) is 12.7. The number of nitrogens with zero attached hydrogens (tertiary/aromatic N) is 2. The molecule has 0 spiro atoms. The summed E-state index contributed by atoms with van der Waals surface area (Å²) in [6.07, 6.45) is 3.61. The Morgan fingerprint density at radius 1 is 1.44 bits per heavy atom. The van der Waals surface area contributed by atoms with Crippen molar-refractivity contribution in [3.05, 3.63) is 42.2 Å². The first-order chi connectivity index (χ1) is 8.59. The van der Waals surface area contributed by atoms with Crippen molar-refractivity contribution in [2.24, 2.45) is 5.73 Å². The van der Waals surface area contributed by atoms with E-state index in [4.69, 9.17) is 5.73 Å². The van der Waals surface area contributed by atoms with Crippen LogP contribution in [0, 0.1) is 6.92 Å². The van der Waals surface area contributed by atoms with Gasteiger partial charge in [0.05, 0.1) is 10.9 Å². The van der Waals surface area contributed by atoms with Gasteiger partial charge in [-0.3, -0.25) is 9.36 Å². The Kier molecular flexibility index (Phi) is 3.72. The van der Waals surface area contributed by atoms with Crippen molar-refractivity contribution >= 4 is 17.7 Å². The lowest BCUT2D eigenvalue weighted by atomic mass is 10.2. The molecule has 2 N–H and O–H groups in total. The number of carbonyl (C=O) groups is 1. The van der Waals surface area contributed by atoms with E-state index in [0.717, 1.165) is 16.4 Å². The average molecular weight is 261 g/mol. The fraction of sp³-hybridized carbons (Fsp3) is 0.231. The Balaban J connectivity index is 2.34. The highest BCUT2D eigenvalue weighted by molar-refractivity contribution is 8.00. The summed E-state index contributed by atoms with van der Waals surface area (Å²) in [7, 11) is 0. The van der Waals surface area contributed by atoms with Gasteiger partial charge in [0.15, 0.2) is 5.16 Å². The van der Waals surface area contributed by atoms with Gasteiger partial charge in [0.2, 0.25) is 5.91 Å². The van der Waals surface area contributed by atoms with E-state index in [1.54, 1.807) is 13.1 Å². The number of para-hydroxylation sites is 1. The van der Waals surface area contributed by atoms with E-state index in [1.807, 2.05) is 42.0 Å². The van der Waals surface area contributed by atoms with Gasteiger partial charge >= 0.3 is 0 Å². The number of nitrogens with two attached hydrogens (primary N) is 1. The molecule has 94 valence electrons. The maximum Gasteiger partial charge on any atom is 0.230 e. The summed E-state index contributed by atoms with van der Waals surface area (Å²) in [5.41, 5.74) is 7.50. The third kappa shape index (κ3) is 2.56. The third-order valence-corrected chi connectivity index (χ3v) is 3.76. The quantitative estimate of drug-likeness (QED) is 0.858. The molecular formula is C13H15N3OS. The molecule has 0 aliphatic carbocycles. The fourth-order valence-electron chi connectivity index (χ4n) is 1.61. The van der Waals surface area contributed by atoms with E-state index in [2.05, 4.69) is 4.98 Å². The second-order valence-corrected chi connectivity index (χ2v) is 5.34. The van der Waals surface area contributed by atoms with Gasteiger partial charge in [0.1, 0.15) is 0 Å². The predicted octanol–water partition coefficient (Wildman–Crippen LogP) is 2.15. The van der Waals surface area contributed by atoms with E-state index in [1.165, 1.54) is 11.8 Å². The highest BCUT2D eigenvalue weighted by Crippen LogP contribution is 2.25. The van der Waals surface area contributed by atoms with Crippen molar-refractivity contribution in [3.63, 3.8) is 0 Å². The molecule has 0 saturated heterocycles. The van der Waals surface area contributed by atoms with E-state index in [-0.39, 0.29) is 11.2 Å². The highest BCUT2D eigenvalue weighted by atomic mass is 32.2. The second kappa shape index (κ2) is 5.27. The minimum absolute atomic E-state index is 0.296. The number of amides is 1.